The first-order valence-corrected chi connectivity index (χ1v) is 3.36. The highest BCUT2D eigenvalue weighted by atomic mass is 35.5. The molecule has 10 heavy (non-hydrogen) atoms. The Morgan fingerprint density at radius 1 is 1.70 bits per heavy atom. The van der Waals surface area contributed by atoms with Crippen LogP contribution in [-0.4, -0.2) is 22.9 Å². The summed E-state index contributed by atoms with van der Waals surface area (Å²) in [6.07, 6.45) is 2.47. The van der Waals surface area contributed by atoms with Gasteiger partial charge in [-0.05, 0) is 6.08 Å². The zero-order valence-electron chi connectivity index (χ0n) is 5.63. The van der Waals surface area contributed by atoms with Crippen LogP contribution in [0.5, 0.6) is 0 Å². The number of aliphatic hydroxyl groups excluding tert-OH is 2. The SMILES string of the molecule is C=C[C@@H](O)/C=C(\Cl)CCO. The van der Waals surface area contributed by atoms with Gasteiger partial charge in [-0.1, -0.05) is 17.7 Å². The molecule has 3 heteroatoms. The van der Waals surface area contributed by atoms with Crippen LogP contribution < -0.4 is 0 Å². The van der Waals surface area contributed by atoms with Crippen molar-refractivity contribution >= 4 is 11.6 Å². The van der Waals surface area contributed by atoms with Crippen LogP contribution in [-0.2, 0) is 0 Å². The van der Waals surface area contributed by atoms with Crippen molar-refractivity contribution in [2.45, 2.75) is 12.5 Å². The number of halogens is 1. The van der Waals surface area contributed by atoms with Gasteiger partial charge in [-0.25, -0.2) is 0 Å². The maximum atomic E-state index is 8.89. The second kappa shape index (κ2) is 5.47. The van der Waals surface area contributed by atoms with Crippen LogP contribution in [0.25, 0.3) is 0 Å². The van der Waals surface area contributed by atoms with Gasteiger partial charge < -0.3 is 10.2 Å². The molecule has 0 unspecified atom stereocenters. The molecule has 2 nitrogen and oxygen atoms in total. The molecule has 0 fully saturated rings. The first-order valence-electron chi connectivity index (χ1n) is 2.98. The predicted octanol–water partition coefficient (Wildman–Crippen LogP) is 1.04. The van der Waals surface area contributed by atoms with E-state index in [1.165, 1.54) is 12.2 Å². The number of rotatable bonds is 4. The van der Waals surface area contributed by atoms with Crippen LogP contribution in [0, 0.1) is 0 Å². The second-order valence-electron chi connectivity index (χ2n) is 1.81. The molecule has 58 valence electrons. The summed E-state index contributed by atoms with van der Waals surface area (Å²) in [7, 11) is 0. The molecular formula is C7H11ClO2. The van der Waals surface area contributed by atoms with Crippen molar-refractivity contribution in [1.82, 2.24) is 0 Å². The van der Waals surface area contributed by atoms with Crippen LogP contribution in [0.2, 0.25) is 0 Å². The molecule has 0 heterocycles. The molecule has 0 amide bonds. The Kier molecular flexibility index (Phi) is 5.30. The van der Waals surface area contributed by atoms with Crippen LogP contribution in [0.3, 0.4) is 0 Å². The van der Waals surface area contributed by atoms with E-state index in [-0.39, 0.29) is 6.61 Å². The molecule has 0 aromatic carbocycles. The molecular weight excluding hydrogens is 152 g/mol. The van der Waals surface area contributed by atoms with Crippen molar-refractivity contribution in [2.24, 2.45) is 0 Å². The molecule has 0 aliphatic carbocycles. The van der Waals surface area contributed by atoms with Gasteiger partial charge >= 0.3 is 0 Å². The topological polar surface area (TPSA) is 40.5 Å². The molecule has 2 N–H and O–H groups in total. The molecule has 0 spiro atoms. The lowest BCUT2D eigenvalue weighted by atomic mass is 10.3. The summed E-state index contributed by atoms with van der Waals surface area (Å²) < 4.78 is 0. The van der Waals surface area contributed by atoms with Crippen LogP contribution in [0.4, 0.5) is 0 Å². The molecule has 0 aliphatic rings. The summed E-state index contributed by atoms with van der Waals surface area (Å²) in [5, 5.41) is 17.7. The highest BCUT2D eigenvalue weighted by Gasteiger charge is 1.94. The van der Waals surface area contributed by atoms with Crippen molar-refractivity contribution < 1.29 is 10.2 Å². The maximum Gasteiger partial charge on any atom is 0.0914 e. The van der Waals surface area contributed by atoms with Gasteiger partial charge in [-0.15, -0.1) is 6.58 Å². The van der Waals surface area contributed by atoms with Crippen LogP contribution >= 0.6 is 11.6 Å². The van der Waals surface area contributed by atoms with Crippen molar-refractivity contribution in [3.63, 3.8) is 0 Å². The quantitative estimate of drug-likeness (QED) is 0.607. The molecule has 0 radical (unpaired) electrons. The van der Waals surface area contributed by atoms with E-state index in [9.17, 15) is 0 Å². The Morgan fingerprint density at radius 2 is 2.30 bits per heavy atom. The van der Waals surface area contributed by atoms with Gasteiger partial charge in [0.2, 0.25) is 0 Å². The highest BCUT2D eigenvalue weighted by Crippen LogP contribution is 2.07. The highest BCUT2D eigenvalue weighted by molar-refractivity contribution is 6.29. The summed E-state index contributed by atoms with van der Waals surface area (Å²) in [4.78, 5) is 0. The van der Waals surface area contributed by atoms with Gasteiger partial charge in [-0.3, -0.25) is 0 Å². The normalized spacial score (nSPS) is 14.9. The summed E-state index contributed by atoms with van der Waals surface area (Å²) in [5.74, 6) is 0. The summed E-state index contributed by atoms with van der Waals surface area (Å²) in [6.45, 7) is 3.36. The molecule has 0 bridgehead atoms. The van der Waals surface area contributed by atoms with Gasteiger partial charge in [-0.2, -0.15) is 0 Å². The van der Waals surface area contributed by atoms with Gasteiger partial charge in [0.05, 0.1) is 6.10 Å². The summed E-state index contributed by atoms with van der Waals surface area (Å²) in [5.41, 5.74) is 0. The van der Waals surface area contributed by atoms with E-state index < -0.39 is 6.10 Å². The second-order valence-corrected chi connectivity index (χ2v) is 2.30. The lowest BCUT2D eigenvalue weighted by Gasteiger charge is -1.98. The van der Waals surface area contributed by atoms with E-state index >= 15 is 0 Å². The zero-order valence-corrected chi connectivity index (χ0v) is 6.38. The average Bonchev–Trinajstić information content (AvgIpc) is 1.88. The smallest absolute Gasteiger partial charge is 0.0914 e. The van der Waals surface area contributed by atoms with Gasteiger partial charge in [0, 0.05) is 18.1 Å². The van der Waals surface area contributed by atoms with Gasteiger partial charge in [0.15, 0.2) is 0 Å². The Balaban J connectivity index is 3.76. The van der Waals surface area contributed by atoms with Crippen molar-refractivity contribution in [2.75, 3.05) is 6.61 Å². The fourth-order valence-corrected chi connectivity index (χ4v) is 0.657. The Labute approximate surface area is 65.4 Å². The monoisotopic (exact) mass is 162 g/mol. The molecule has 1 atom stereocenters. The number of aliphatic hydroxyl groups is 2. The van der Waals surface area contributed by atoms with E-state index in [4.69, 9.17) is 21.8 Å². The summed E-state index contributed by atoms with van der Waals surface area (Å²) >= 11 is 5.55. The van der Waals surface area contributed by atoms with Crippen LogP contribution in [0.15, 0.2) is 23.8 Å². The fourth-order valence-electron chi connectivity index (χ4n) is 0.443. The third-order valence-corrected chi connectivity index (χ3v) is 1.26. The minimum atomic E-state index is -0.709. The molecule has 0 aliphatic heterocycles. The minimum absolute atomic E-state index is 0.000797. The zero-order chi connectivity index (χ0) is 7.98. The molecule has 0 aromatic rings. The van der Waals surface area contributed by atoms with Crippen molar-refractivity contribution in [3.05, 3.63) is 23.8 Å². The third kappa shape index (κ3) is 4.56. The maximum absolute atomic E-state index is 8.89. The molecule has 0 saturated carbocycles. The average molecular weight is 163 g/mol. The molecule has 0 rings (SSSR count). The first-order chi connectivity index (χ1) is 4.70. The fraction of sp³-hybridized carbons (Fsp3) is 0.429. The minimum Gasteiger partial charge on any atom is -0.396 e. The van der Waals surface area contributed by atoms with Crippen molar-refractivity contribution in [1.29, 1.82) is 0 Å². The lowest BCUT2D eigenvalue weighted by Crippen LogP contribution is -1.96. The lowest BCUT2D eigenvalue weighted by molar-refractivity contribution is 0.269. The Bertz CT molecular complexity index is 132. The van der Waals surface area contributed by atoms with E-state index in [2.05, 4.69) is 6.58 Å². The largest absolute Gasteiger partial charge is 0.396 e. The molecule has 0 aromatic heterocycles. The number of hydrogen-bond acceptors (Lipinski definition) is 2. The molecule has 0 saturated heterocycles. The van der Waals surface area contributed by atoms with E-state index in [0.29, 0.717) is 11.5 Å². The summed E-state index contributed by atoms with van der Waals surface area (Å²) in [6, 6.07) is 0. The predicted molar refractivity (Wildman–Crippen MR) is 41.8 cm³/mol. The van der Waals surface area contributed by atoms with Crippen LogP contribution in [0.1, 0.15) is 6.42 Å². The van der Waals surface area contributed by atoms with E-state index in [1.807, 2.05) is 0 Å². The van der Waals surface area contributed by atoms with E-state index in [0.717, 1.165) is 0 Å². The Hall–Kier alpha value is -0.310. The third-order valence-electron chi connectivity index (χ3n) is 0.944. The van der Waals surface area contributed by atoms with Gasteiger partial charge in [0.25, 0.3) is 0 Å². The van der Waals surface area contributed by atoms with E-state index in [1.54, 1.807) is 0 Å². The number of hydrogen-bond donors (Lipinski definition) is 2. The standard InChI is InChI=1S/C7H11ClO2/c1-2-7(10)5-6(8)3-4-9/h2,5,7,9-10H,1,3-4H2/b6-5-/t7-/m1/s1. The Morgan fingerprint density at radius 3 is 2.70 bits per heavy atom. The van der Waals surface area contributed by atoms with Crippen molar-refractivity contribution in [3.8, 4) is 0 Å². The first kappa shape index (κ1) is 9.69. The van der Waals surface area contributed by atoms with Gasteiger partial charge in [0.1, 0.15) is 0 Å².